The molecule has 0 radical (unpaired) electrons. The van der Waals surface area contributed by atoms with E-state index in [1.54, 1.807) is 0 Å². The Morgan fingerprint density at radius 2 is 1.75 bits per heavy atom. The van der Waals surface area contributed by atoms with E-state index in [4.69, 9.17) is 13.9 Å². The fourth-order valence-corrected chi connectivity index (χ4v) is 3.62. The second-order valence-electron chi connectivity index (χ2n) is 6.95. The number of carbonyl (C=O) groups excluding carboxylic acids is 2. The molecule has 3 heterocycles. The molecule has 1 fully saturated rings. The van der Waals surface area contributed by atoms with Crippen LogP contribution in [0.3, 0.4) is 0 Å². The minimum absolute atomic E-state index is 0. The molecule has 3 aromatic rings. The monoisotopic (exact) mass is 457 g/mol. The van der Waals surface area contributed by atoms with Crippen LogP contribution >= 0.6 is 0 Å². The van der Waals surface area contributed by atoms with Crippen LogP contribution in [0.15, 0.2) is 27.4 Å². The van der Waals surface area contributed by atoms with Crippen molar-refractivity contribution in [2.45, 2.75) is 32.5 Å². The van der Waals surface area contributed by atoms with Gasteiger partial charge in [0.2, 0.25) is 0 Å². The third kappa shape index (κ3) is 5.10. The number of rotatable bonds is 5. The first-order valence-corrected chi connectivity index (χ1v) is 9.51. The van der Waals surface area contributed by atoms with Crippen LogP contribution in [-0.2, 0) is 15.9 Å². The molecule has 0 atom stereocenters. The summed E-state index contributed by atoms with van der Waals surface area (Å²) in [6.07, 6.45) is 0.842. The summed E-state index contributed by atoms with van der Waals surface area (Å²) >= 11 is 0. The first-order chi connectivity index (χ1) is 14.4. The molecule has 0 aliphatic carbocycles. The predicted octanol–water partition coefficient (Wildman–Crippen LogP) is -5.54. The zero-order valence-corrected chi connectivity index (χ0v) is 22.1. The number of pyridine rings is 1. The quantitative estimate of drug-likeness (QED) is 0.271. The second-order valence-corrected chi connectivity index (χ2v) is 6.95. The number of aromatic carboxylic acids is 2. The molecule has 156 valence electrons. The molecule has 1 aliphatic rings. The Kier molecular flexibility index (Phi) is 9.45. The Hall–Kier alpha value is -1.30. The molecule has 0 N–H and O–H groups in total. The van der Waals surface area contributed by atoms with Gasteiger partial charge in [0.05, 0.1) is 35.8 Å². The number of aromatic nitrogens is 1. The van der Waals surface area contributed by atoms with E-state index in [1.807, 2.05) is 6.92 Å². The molecule has 0 bridgehead atoms. The van der Waals surface area contributed by atoms with Gasteiger partial charge >= 0.3 is 59.1 Å². The largest absolute Gasteiger partial charge is 1.00 e. The van der Waals surface area contributed by atoms with Gasteiger partial charge < -0.3 is 33.7 Å². The third-order valence-corrected chi connectivity index (χ3v) is 4.91. The fourth-order valence-electron chi connectivity index (χ4n) is 3.62. The van der Waals surface area contributed by atoms with Gasteiger partial charge in [-0.2, -0.15) is 0 Å². The minimum Gasteiger partial charge on any atom is -0.543 e. The Morgan fingerprint density at radius 1 is 1.06 bits per heavy atom. The molecular weight excluding hydrogens is 440 g/mol. The maximum Gasteiger partial charge on any atom is 1.00 e. The molecule has 11 heteroatoms. The number of carboxylic acid groups (broad SMARTS) is 2. The first kappa shape index (κ1) is 26.9. The van der Waals surface area contributed by atoms with Crippen molar-refractivity contribution >= 4 is 33.8 Å². The number of aryl methyl sites for hydroxylation is 1. The van der Waals surface area contributed by atoms with Crippen LogP contribution < -0.4 is 74.8 Å². The molecule has 1 aliphatic heterocycles. The molecule has 0 amide bonds. The Bertz CT molecular complexity index is 1230. The molecule has 32 heavy (non-hydrogen) atoms. The topological polar surface area (TPSA) is 142 Å². The van der Waals surface area contributed by atoms with Gasteiger partial charge in [0, 0.05) is 22.6 Å². The zero-order valence-electron chi connectivity index (χ0n) is 18.1. The van der Waals surface area contributed by atoms with Gasteiger partial charge in [0.1, 0.15) is 11.6 Å². The third-order valence-electron chi connectivity index (χ3n) is 4.91. The van der Waals surface area contributed by atoms with Crippen molar-refractivity contribution in [3.05, 3.63) is 51.0 Å². The number of hydrogen-bond acceptors (Lipinski definition) is 9. The van der Waals surface area contributed by atoms with Crippen LogP contribution in [-0.4, -0.2) is 30.1 Å². The van der Waals surface area contributed by atoms with Gasteiger partial charge in [-0.1, -0.05) is 13.3 Å². The molecule has 4 rings (SSSR count). The van der Waals surface area contributed by atoms with E-state index in [0.29, 0.717) is 49.0 Å². The van der Waals surface area contributed by atoms with Gasteiger partial charge in [0.25, 0.3) is 0 Å². The number of nitrogens with zero attached hydrogens (tertiary/aromatic N) is 1. The van der Waals surface area contributed by atoms with Crippen molar-refractivity contribution in [1.82, 2.24) is 4.98 Å². The van der Waals surface area contributed by atoms with Crippen molar-refractivity contribution in [2.75, 3.05) is 13.2 Å². The summed E-state index contributed by atoms with van der Waals surface area (Å²) in [6.45, 7) is 2.74. The van der Waals surface area contributed by atoms with Gasteiger partial charge in [-0.25, -0.2) is 4.98 Å². The summed E-state index contributed by atoms with van der Waals surface area (Å²) < 4.78 is 16.8. The van der Waals surface area contributed by atoms with Crippen molar-refractivity contribution in [3.8, 4) is 0 Å². The maximum atomic E-state index is 12.6. The average Bonchev–Trinajstić information content (AvgIpc) is 2.73. The van der Waals surface area contributed by atoms with E-state index in [9.17, 15) is 24.6 Å². The minimum atomic E-state index is -1.63. The van der Waals surface area contributed by atoms with Crippen LogP contribution in [0.5, 0.6) is 0 Å². The fraction of sp³-hybridized carbons (Fsp3) is 0.333. The maximum absolute atomic E-state index is 12.6. The molecule has 2 aromatic heterocycles. The molecular formula is C21H17NNa2O8. The number of ether oxygens (including phenoxy) is 2. The van der Waals surface area contributed by atoms with Crippen LogP contribution in [0.4, 0.5) is 0 Å². The normalized spacial score (nSPS) is 14.0. The Balaban J connectivity index is 0.00000181. The van der Waals surface area contributed by atoms with Crippen molar-refractivity contribution in [2.24, 2.45) is 0 Å². The van der Waals surface area contributed by atoms with Gasteiger partial charge in [-0.3, -0.25) is 4.79 Å². The summed E-state index contributed by atoms with van der Waals surface area (Å²) in [7, 11) is 0. The van der Waals surface area contributed by atoms with Crippen molar-refractivity contribution in [3.63, 3.8) is 0 Å². The van der Waals surface area contributed by atoms with Crippen molar-refractivity contribution in [1.29, 1.82) is 0 Å². The Morgan fingerprint density at radius 3 is 2.34 bits per heavy atom. The number of hydrogen-bond donors (Lipinski definition) is 0. The first-order valence-electron chi connectivity index (χ1n) is 9.51. The van der Waals surface area contributed by atoms with E-state index >= 15 is 0 Å². The van der Waals surface area contributed by atoms with E-state index < -0.39 is 29.4 Å². The van der Waals surface area contributed by atoms with Gasteiger partial charge in [-0.05, 0) is 25.0 Å². The molecule has 1 aromatic carbocycles. The Labute approximate surface area is 226 Å². The smallest absolute Gasteiger partial charge is 0.543 e. The summed E-state index contributed by atoms with van der Waals surface area (Å²) in [5, 5.41) is 23.5. The SMILES string of the molecule is CCCc1c2nc(C(=O)[O-])cc(C3OCCCO3)c2cc2c(=O)cc(C(=O)[O-])oc12.[Na+].[Na+]. The number of fused-ring (bicyclic) bond motifs is 2. The molecule has 1 saturated heterocycles. The number of carbonyl (C=O) groups is 2. The van der Waals surface area contributed by atoms with Crippen LogP contribution in [0, 0.1) is 0 Å². The van der Waals surface area contributed by atoms with Crippen molar-refractivity contribution < 1.29 is 92.8 Å². The standard InChI is InChI=1S/C21H19NO8.2Na/c1-2-4-10-17-11(7-13-15(23)9-16(20(26)27)30-18(10)13)12(8-14(22-17)19(24)25)21-28-5-3-6-29-21;;/h7-9,21H,2-6H2,1H3,(H,24,25)(H,26,27);;/q;2*+1/p-2. The number of carboxylic acids is 2. The van der Waals surface area contributed by atoms with E-state index in [0.717, 1.165) is 6.07 Å². The summed E-state index contributed by atoms with van der Waals surface area (Å²) in [6, 6.07) is 3.67. The molecule has 0 unspecified atom stereocenters. The van der Waals surface area contributed by atoms with Crippen LogP contribution in [0.1, 0.15) is 58.2 Å². The van der Waals surface area contributed by atoms with E-state index in [-0.39, 0.29) is 81.3 Å². The van der Waals surface area contributed by atoms with Crippen LogP contribution in [0.25, 0.3) is 21.9 Å². The second kappa shape index (κ2) is 11.2. The summed E-state index contributed by atoms with van der Waals surface area (Å²) in [5.41, 5.74) is 0.236. The number of benzene rings is 1. The molecule has 9 nitrogen and oxygen atoms in total. The summed E-state index contributed by atoms with van der Waals surface area (Å²) in [4.78, 5) is 39.7. The van der Waals surface area contributed by atoms with Crippen LogP contribution in [0.2, 0.25) is 0 Å². The van der Waals surface area contributed by atoms with Gasteiger partial charge in [-0.15, -0.1) is 0 Å². The average molecular weight is 457 g/mol. The zero-order chi connectivity index (χ0) is 21.4. The molecule has 0 saturated carbocycles. The van der Waals surface area contributed by atoms with Gasteiger partial charge in [0.15, 0.2) is 17.5 Å². The predicted molar refractivity (Wildman–Crippen MR) is 99.7 cm³/mol. The molecule has 0 spiro atoms. The van der Waals surface area contributed by atoms with E-state index in [2.05, 4.69) is 4.98 Å². The van der Waals surface area contributed by atoms with E-state index in [1.165, 1.54) is 12.1 Å². The summed E-state index contributed by atoms with van der Waals surface area (Å²) in [5.74, 6) is -3.72.